The van der Waals surface area contributed by atoms with Crippen LogP contribution < -0.4 is 0 Å². The smallest absolute Gasteiger partial charge is 0.278 e. The molecule has 3 rings (SSSR count). The lowest BCUT2D eigenvalue weighted by Gasteiger charge is -1.98. The molecule has 6 nitrogen and oxygen atoms in total. The van der Waals surface area contributed by atoms with E-state index in [1.54, 1.807) is 30.5 Å². The minimum Gasteiger partial charge on any atom is -0.332 e. The molecule has 0 N–H and O–H groups in total. The Kier molecular flexibility index (Phi) is 3.67. The van der Waals surface area contributed by atoms with Crippen molar-refractivity contribution in [2.24, 2.45) is 0 Å². The summed E-state index contributed by atoms with van der Waals surface area (Å²) >= 11 is 6.03. The first-order valence-electron chi connectivity index (χ1n) is 6.20. The molecule has 2 aromatic heterocycles. The summed E-state index contributed by atoms with van der Waals surface area (Å²) < 4.78 is 28.0. The van der Waals surface area contributed by atoms with E-state index in [2.05, 4.69) is 15.1 Å². The highest BCUT2D eigenvalue weighted by molar-refractivity contribution is 7.90. The highest BCUT2D eigenvalue weighted by Crippen LogP contribution is 2.26. The van der Waals surface area contributed by atoms with Gasteiger partial charge in [-0.3, -0.25) is 0 Å². The van der Waals surface area contributed by atoms with Crippen LogP contribution in [0.4, 0.5) is 0 Å². The minimum atomic E-state index is -3.24. The Hall–Kier alpha value is -2.25. The summed E-state index contributed by atoms with van der Waals surface area (Å²) in [6.45, 7) is 0. The van der Waals surface area contributed by atoms with Gasteiger partial charge in [0, 0.05) is 18.0 Å². The first-order valence-corrected chi connectivity index (χ1v) is 8.47. The van der Waals surface area contributed by atoms with Crippen molar-refractivity contribution in [2.45, 2.75) is 4.90 Å². The molecular weight excluding hydrogens is 326 g/mol. The second-order valence-electron chi connectivity index (χ2n) is 4.55. The summed E-state index contributed by atoms with van der Waals surface area (Å²) in [5.74, 6) is 0.532. The summed E-state index contributed by atoms with van der Waals surface area (Å²) in [6.07, 6.45) is 2.73. The van der Waals surface area contributed by atoms with E-state index in [0.29, 0.717) is 22.1 Å². The van der Waals surface area contributed by atoms with Crippen molar-refractivity contribution >= 4 is 21.4 Å². The van der Waals surface area contributed by atoms with Crippen LogP contribution in [0, 0.1) is 0 Å². The molecule has 0 aliphatic carbocycles. The first kappa shape index (κ1) is 14.7. The third-order valence-electron chi connectivity index (χ3n) is 2.93. The zero-order valence-electron chi connectivity index (χ0n) is 11.4. The van der Waals surface area contributed by atoms with E-state index >= 15 is 0 Å². The summed E-state index contributed by atoms with van der Waals surface area (Å²) in [5.41, 5.74) is 1.03. The quantitative estimate of drug-likeness (QED) is 0.731. The van der Waals surface area contributed by atoms with Gasteiger partial charge in [-0.2, -0.15) is 4.98 Å². The lowest BCUT2D eigenvalue weighted by molar-refractivity contribution is 0.431. The Labute approximate surface area is 131 Å². The van der Waals surface area contributed by atoms with E-state index in [4.69, 9.17) is 16.1 Å². The van der Waals surface area contributed by atoms with Crippen molar-refractivity contribution in [1.29, 1.82) is 0 Å². The summed E-state index contributed by atoms with van der Waals surface area (Å²) in [7, 11) is -3.24. The Bertz CT molecular complexity index is 921. The average molecular weight is 336 g/mol. The standard InChI is InChI=1S/C14H10ClN3O3S/c1-22(19,20)10-6-4-9(5-7-10)13-17-14(21-18-13)12-11(15)3-2-8-16-12/h2-8H,1H3. The van der Waals surface area contributed by atoms with Crippen molar-refractivity contribution in [2.75, 3.05) is 6.26 Å². The minimum absolute atomic E-state index is 0.202. The molecule has 2 heterocycles. The lowest BCUT2D eigenvalue weighted by Crippen LogP contribution is -1.96. The lowest BCUT2D eigenvalue weighted by atomic mass is 10.2. The predicted molar refractivity (Wildman–Crippen MR) is 81.1 cm³/mol. The molecular formula is C14H10ClN3O3S. The number of rotatable bonds is 3. The molecule has 0 fully saturated rings. The maximum Gasteiger partial charge on any atom is 0.278 e. The number of nitrogens with zero attached hydrogens (tertiary/aromatic N) is 3. The molecule has 0 aliphatic heterocycles. The van der Waals surface area contributed by atoms with Gasteiger partial charge in [0.25, 0.3) is 5.89 Å². The molecule has 8 heteroatoms. The highest BCUT2D eigenvalue weighted by atomic mass is 35.5. The van der Waals surface area contributed by atoms with Crippen LogP contribution in [0.5, 0.6) is 0 Å². The van der Waals surface area contributed by atoms with Crippen LogP contribution >= 0.6 is 11.6 Å². The fourth-order valence-corrected chi connectivity index (χ4v) is 2.66. The SMILES string of the molecule is CS(=O)(=O)c1ccc(-c2noc(-c3ncccc3Cl)n2)cc1. The van der Waals surface area contributed by atoms with Gasteiger partial charge in [0.2, 0.25) is 5.82 Å². The fraction of sp³-hybridized carbons (Fsp3) is 0.0714. The largest absolute Gasteiger partial charge is 0.332 e. The van der Waals surface area contributed by atoms with Gasteiger partial charge in [0.1, 0.15) is 5.69 Å². The summed E-state index contributed by atoms with van der Waals surface area (Å²) in [4.78, 5) is 8.55. The second-order valence-corrected chi connectivity index (χ2v) is 6.98. The van der Waals surface area contributed by atoms with Crippen LogP contribution in [0.1, 0.15) is 0 Å². The van der Waals surface area contributed by atoms with Gasteiger partial charge < -0.3 is 4.52 Å². The molecule has 1 aromatic carbocycles. The molecule has 0 saturated carbocycles. The molecule has 0 atom stereocenters. The molecule has 3 aromatic rings. The Morgan fingerprint density at radius 2 is 1.86 bits per heavy atom. The third-order valence-corrected chi connectivity index (χ3v) is 4.36. The number of aromatic nitrogens is 3. The molecule has 0 spiro atoms. The topological polar surface area (TPSA) is 86.0 Å². The monoisotopic (exact) mass is 335 g/mol. The molecule has 22 heavy (non-hydrogen) atoms. The summed E-state index contributed by atoms with van der Waals surface area (Å²) in [6, 6.07) is 9.60. The zero-order valence-corrected chi connectivity index (χ0v) is 13.0. The van der Waals surface area contributed by atoms with Gasteiger partial charge in [-0.15, -0.1) is 0 Å². The molecule has 0 bridgehead atoms. The van der Waals surface area contributed by atoms with Crippen LogP contribution in [0.15, 0.2) is 52.0 Å². The Balaban J connectivity index is 1.96. The van der Waals surface area contributed by atoms with Gasteiger partial charge >= 0.3 is 0 Å². The molecule has 112 valence electrons. The van der Waals surface area contributed by atoms with Gasteiger partial charge in [-0.05, 0) is 36.4 Å². The van der Waals surface area contributed by atoms with Crippen molar-refractivity contribution in [3.63, 3.8) is 0 Å². The molecule has 0 amide bonds. The Morgan fingerprint density at radius 1 is 1.14 bits per heavy atom. The van der Waals surface area contributed by atoms with Gasteiger partial charge in [0.15, 0.2) is 9.84 Å². The van der Waals surface area contributed by atoms with E-state index < -0.39 is 9.84 Å². The van der Waals surface area contributed by atoms with E-state index in [1.807, 2.05) is 0 Å². The van der Waals surface area contributed by atoms with Crippen molar-refractivity contribution in [1.82, 2.24) is 15.1 Å². The van der Waals surface area contributed by atoms with Gasteiger partial charge in [0.05, 0.1) is 9.92 Å². The van der Waals surface area contributed by atoms with Crippen LogP contribution in [0.3, 0.4) is 0 Å². The van der Waals surface area contributed by atoms with Crippen LogP contribution in [-0.4, -0.2) is 29.8 Å². The summed E-state index contributed by atoms with van der Waals surface area (Å²) in [5, 5.41) is 4.27. The number of hydrogen-bond donors (Lipinski definition) is 0. The van der Waals surface area contributed by atoms with E-state index in [-0.39, 0.29) is 10.8 Å². The van der Waals surface area contributed by atoms with Gasteiger partial charge in [-0.1, -0.05) is 16.8 Å². The maximum atomic E-state index is 11.4. The normalized spacial score (nSPS) is 11.5. The van der Waals surface area contributed by atoms with Crippen LogP contribution in [0.2, 0.25) is 5.02 Å². The first-order chi connectivity index (χ1) is 10.4. The molecule has 0 unspecified atom stereocenters. The molecule has 0 radical (unpaired) electrons. The van der Waals surface area contributed by atoms with Crippen LogP contribution in [-0.2, 0) is 9.84 Å². The number of hydrogen-bond acceptors (Lipinski definition) is 6. The fourth-order valence-electron chi connectivity index (χ4n) is 1.83. The van der Waals surface area contributed by atoms with E-state index in [1.165, 1.54) is 12.1 Å². The van der Waals surface area contributed by atoms with E-state index in [9.17, 15) is 8.42 Å². The molecule has 0 aliphatic rings. The van der Waals surface area contributed by atoms with Gasteiger partial charge in [-0.25, -0.2) is 13.4 Å². The second kappa shape index (κ2) is 5.51. The number of sulfone groups is 1. The molecule has 0 saturated heterocycles. The number of pyridine rings is 1. The number of benzene rings is 1. The highest BCUT2D eigenvalue weighted by Gasteiger charge is 2.15. The van der Waals surface area contributed by atoms with E-state index in [0.717, 1.165) is 6.26 Å². The Morgan fingerprint density at radius 3 is 2.50 bits per heavy atom. The predicted octanol–water partition coefficient (Wildman–Crippen LogP) is 2.86. The maximum absolute atomic E-state index is 11.4. The average Bonchev–Trinajstić information content (AvgIpc) is 2.96. The number of halogens is 1. The van der Waals surface area contributed by atoms with Crippen LogP contribution in [0.25, 0.3) is 23.0 Å². The third kappa shape index (κ3) is 2.86. The van der Waals surface area contributed by atoms with Crippen molar-refractivity contribution in [3.8, 4) is 23.0 Å². The van der Waals surface area contributed by atoms with Crippen molar-refractivity contribution < 1.29 is 12.9 Å². The van der Waals surface area contributed by atoms with Crippen molar-refractivity contribution in [3.05, 3.63) is 47.6 Å². The zero-order chi connectivity index (χ0) is 15.7.